The van der Waals surface area contributed by atoms with Crippen molar-refractivity contribution in [1.82, 2.24) is 0 Å². The van der Waals surface area contributed by atoms with E-state index in [0.29, 0.717) is 26.4 Å². The molecule has 0 heterocycles. The zero-order chi connectivity index (χ0) is 15.5. The van der Waals surface area contributed by atoms with Crippen LogP contribution < -0.4 is 4.74 Å². The summed E-state index contributed by atoms with van der Waals surface area (Å²) < 4.78 is 33.6. The monoisotopic (exact) mass is 300 g/mol. The fourth-order valence-corrected chi connectivity index (χ4v) is 1.61. The van der Waals surface area contributed by atoms with Crippen molar-refractivity contribution in [3.8, 4) is 5.75 Å². The number of hydrogen-bond acceptors (Lipinski definition) is 5. The lowest BCUT2D eigenvalue weighted by Gasteiger charge is -2.06. The van der Waals surface area contributed by atoms with Crippen LogP contribution in [0.1, 0.15) is 16.8 Å². The van der Waals surface area contributed by atoms with Crippen molar-refractivity contribution >= 4 is 5.78 Å². The van der Waals surface area contributed by atoms with E-state index in [4.69, 9.17) is 18.9 Å². The highest BCUT2D eigenvalue weighted by atomic mass is 19.1. The van der Waals surface area contributed by atoms with Crippen LogP contribution in [0, 0.1) is 5.82 Å². The number of methoxy groups -OCH3 is 2. The Morgan fingerprint density at radius 2 is 1.86 bits per heavy atom. The normalized spacial score (nSPS) is 10.6. The lowest BCUT2D eigenvalue weighted by Crippen LogP contribution is -2.13. The van der Waals surface area contributed by atoms with Gasteiger partial charge >= 0.3 is 0 Å². The second-order valence-electron chi connectivity index (χ2n) is 4.28. The number of ether oxygens (including phenoxy) is 4. The van der Waals surface area contributed by atoms with Crippen molar-refractivity contribution in [2.75, 3.05) is 47.3 Å². The third-order valence-electron chi connectivity index (χ3n) is 2.72. The predicted molar refractivity (Wildman–Crippen MR) is 75.4 cm³/mol. The van der Waals surface area contributed by atoms with Crippen molar-refractivity contribution in [3.05, 3.63) is 29.6 Å². The van der Waals surface area contributed by atoms with E-state index >= 15 is 0 Å². The van der Waals surface area contributed by atoms with Crippen LogP contribution in [0.2, 0.25) is 0 Å². The van der Waals surface area contributed by atoms with Gasteiger partial charge in [0.15, 0.2) is 17.3 Å². The minimum absolute atomic E-state index is 0.104. The maximum atomic E-state index is 13.5. The van der Waals surface area contributed by atoms with E-state index in [1.807, 2.05) is 0 Å². The van der Waals surface area contributed by atoms with Gasteiger partial charge in [0.25, 0.3) is 0 Å². The molecular formula is C15H21FO5. The van der Waals surface area contributed by atoms with Gasteiger partial charge in [-0.05, 0) is 24.6 Å². The Hall–Kier alpha value is -1.50. The van der Waals surface area contributed by atoms with Gasteiger partial charge in [-0.3, -0.25) is 4.79 Å². The lowest BCUT2D eigenvalue weighted by molar-refractivity contribution is 0.0382. The number of hydrogen-bond donors (Lipinski definition) is 0. The molecule has 0 aliphatic rings. The molecule has 118 valence electrons. The summed E-state index contributed by atoms with van der Waals surface area (Å²) in [6, 6.07) is 4.07. The van der Waals surface area contributed by atoms with Crippen molar-refractivity contribution < 1.29 is 28.1 Å². The zero-order valence-corrected chi connectivity index (χ0v) is 12.4. The van der Waals surface area contributed by atoms with E-state index in [0.717, 1.165) is 12.5 Å². The smallest absolute Gasteiger partial charge is 0.188 e. The average Bonchev–Trinajstić information content (AvgIpc) is 2.49. The van der Waals surface area contributed by atoms with E-state index in [9.17, 15) is 9.18 Å². The van der Waals surface area contributed by atoms with Crippen molar-refractivity contribution in [3.63, 3.8) is 0 Å². The van der Waals surface area contributed by atoms with Crippen molar-refractivity contribution in [1.29, 1.82) is 0 Å². The highest BCUT2D eigenvalue weighted by Crippen LogP contribution is 2.17. The highest BCUT2D eigenvalue weighted by Gasteiger charge is 2.10. The molecular weight excluding hydrogens is 279 g/mol. The average molecular weight is 300 g/mol. The number of benzene rings is 1. The Bertz CT molecular complexity index is 436. The van der Waals surface area contributed by atoms with E-state index in [1.165, 1.54) is 19.2 Å². The third-order valence-corrected chi connectivity index (χ3v) is 2.72. The van der Waals surface area contributed by atoms with Crippen LogP contribution in [0.3, 0.4) is 0 Å². The minimum Gasteiger partial charge on any atom is -0.494 e. The molecule has 1 rings (SSSR count). The van der Waals surface area contributed by atoms with Crippen LogP contribution in [-0.2, 0) is 14.2 Å². The van der Waals surface area contributed by atoms with Gasteiger partial charge in [0.1, 0.15) is 6.61 Å². The van der Waals surface area contributed by atoms with E-state index in [2.05, 4.69) is 0 Å². The van der Waals surface area contributed by atoms with Crippen LogP contribution in [-0.4, -0.2) is 53.0 Å². The third kappa shape index (κ3) is 6.66. The maximum absolute atomic E-state index is 13.5. The summed E-state index contributed by atoms with van der Waals surface area (Å²) in [6.07, 6.45) is 0.820. The van der Waals surface area contributed by atoms with E-state index < -0.39 is 5.82 Å². The number of rotatable bonds is 11. The molecule has 21 heavy (non-hydrogen) atoms. The van der Waals surface area contributed by atoms with Crippen LogP contribution in [0.15, 0.2) is 18.2 Å². The van der Waals surface area contributed by atoms with Gasteiger partial charge in [-0.1, -0.05) is 0 Å². The first-order valence-corrected chi connectivity index (χ1v) is 6.70. The standard InChI is InChI=1S/C15H21FO5/c1-18-6-3-7-20-8-9-21-11-14(17)12-4-5-15(19-2)13(16)10-12/h4-5,10H,3,6-9,11H2,1-2H3. The Labute approximate surface area is 123 Å². The van der Waals surface area contributed by atoms with Gasteiger partial charge in [-0.2, -0.15) is 0 Å². The van der Waals surface area contributed by atoms with Crippen LogP contribution in [0.5, 0.6) is 5.75 Å². The predicted octanol–water partition coefficient (Wildman–Crippen LogP) is 2.09. The number of carbonyl (C=O) groups excluding carboxylic acids is 1. The fraction of sp³-hybridized carbons (Fsp3) is 0.533. The van der Waals surface area contributed by atoms with Gasteiger partial charge < -0.3 is 18.9 Å². The molecule has 0 fully saturated rings. The molecule has 0 amide bonds. The molecule has 0 saturated carbocycles. The molecule has 0 aliphatic carbocycles. The van der Waals surface area contributed by atoms with Gasteiger partial charge in [0.05, 0.1) is 20.3 Å². The molecule has 0 saturated heterocycles. The molecule has 6 heteroatoms. The number of carbonyl (C=O) groups is 1. The summed E-state index contributed by atoms with van der Waals surface area (Å²) in [5.41, 5.74) is 0.259. The molecule has 0 atom stereocenters. The topological polar surface area (TPSA) is 54.0 Å². The van der Waals surface area contributed by atoms with Crippen molar-refractivity contribution in [2.24, 2.45) is 0 Å². The molecule has 0 radical (unpaired) electrons. The summed E-state index contributed by atoms with van der Waals surface area (Å²) in [5, 5.41) is 0. The number of halogens is 1. The van der Waals surface area contributed by atoms with E-state index in [-0.39, 0.29) is 23.7 Å². The summed E-state index contributed by atoms with van der Waals surface area (Å²) in [5.74, 6) is -0.738. The summed E-state index contributed by atoms with van der Waals surface area (Å²) in [6.45, 7) is 1.87. The summed E-state index contributed by atoms with van der Waals surface area (Å²) in [4.78, 5) is 11.8. The zero-order valence-electron chi connectivity index (χ0n) is 12.4. The second kappa shape index (κ2) is 10.3. The molecule has 0 unspecified atom stereocenters. The Balaban J connectivity index is 2.20. The van der Waals surface area contributed by atoms with Crippen molar-refractivity contribution in [2.45, 2.75) is 6.42 Å². The molecule has 1 aromatic carbocycles. The Morgan fingerprint density at radius 1 is 1.10 bits per heavy atom. The van der Waals surface area contributed by atoms with Crippen LogP contribution in [0.25, 0.3) is 0 Å². The lowest BCUT2D eigenvalue weighted by atomic mass is 10.1. The first kappa shape index (κ1) is 17.6. The molecule has 5 nitrogen and oxygen atoms in total. The van der Waals surface area contributed by atoms with E-state index in [1.54, 1.807) is 7.11 Å². The Kier molecular flexibility index (Phi) is 8.57. The summed E-state index contributed by atoms with van der Waals surface area (Å²) >= 11 is 0. The molecule has 0 spiro atoms. The van der Waals surface area contributed by atoms with Gasteiger partial charge in [-0.15, -0.1) is 0 Å². The van der Waals surface area contributed by atoms with Crippen LogP contribution >= 0.6 is 0 Å². The minimum atomic E-state index is -0.565. The molecule has 0 aliphatic heterocycles. The number of Topliss-reactive ketones (excluding diaryl/α,β-unsaturated/α-hetero) is 1. The fourth-order valence-electron chi connectivity index (χ4n) is 1.61. The van der Waals surface area contributed by atoms with Gasteiger partial charge in [0.2, 0.25) is 0 Å². The quantitative estimate of drug-likeness (QED) is 0.463. The Morgan fingerprint density at radius 3 is 2.52 bits per heavy atom. The largest absolute Gasteiger partial charge is 0.494 e. The maximum Gasteiger partial charge on any atom is 0.188 e. The number of ketones is 1. The first-order valence-electron chi connectivity index (χ1n) is 6.70. The molecule has 0 aromatic heterocycles. The molecule has 0 N–H and O–H groups in total. The second-order valence-corrected chi connectivity index (χ2v) is 4.28. The van der Waals surface area contributed by atoms with Gasteiger partial charge in [-0.25, -0.2) is 4.39 Å². The molecule has 1 aromatic rings. The SMILES string of the molecule is COCCCOCCOCC(=O)c1ccc(OC)c(F)c1. The first-order chi connectivity index (χ1) is 10.2. The molecule has 0 bridgehead atoms. The highest BCUT2D eigenvalue weighted by molar-refractivity contribution is 5.97. The van der Waals surface area contributed by atoms with Crippen LogP contribution in [0.4, 0.5) is 4.39 Å². The van der Waals surface area contributed by atoms with Gasteiger partial charge in [0, 0.05) is 25.9 Å². The summed E-state index contributed by atoms with van der Waals surface area (Å²) in [7, 11) is 3.01.